The van der Waals surface area contributed by atoms with Crippen LogP contribution in [0.4, 0.5) is 0 Å². The lowest BCUT2D eigenvalue weighted by Crippen LogP contribution is -2.54. The third-order valence-electron chi connectivity index (χ3n) is 3.40. The van der Waals surface area contributed by atoms with E-state index in [1.807, 2.05) is 13.8 Å². The van der Waals surface area contributed by atoms with E-state index in [0.717, 1.165) is 25.0 Å². The van der Waals surface area contributed by atoms with E-state index < -0.39 is 11.2 Å². The molecule has 1 saturated carbocycles. The van der Waals surface area contributed by atoms with E-state index in [-0.39, 0.29) is 0 Å². The predicted octanol–water partition coefficient (Wildman–Crippen LogP) is 1.70. The Morgan fingerprint density at radius 3 is 2.92 bits per heavy atom. The minimum atomic E-state index is -0.806. The highest BCUT2D eigenvalue weighted by Gasteiger charge is 2.55. The molecule has 2 rings (SSSR count). The van der Waals surface area contributed by atoms with Crippen molar-refractivity contribution < 1.29 is 9.94 Å². The van der Waals surface area contributed by atoms with E-state index in [1.165, 1.54) is 0 Å². The van der Waals surface area contributed by atoms with Gasteiger partial charge in [-0.1, -0.05) is 12.1 Å². The molecule has 1 aliphatic heterocycles. The zero-order valence-electron chi connectivity index (χ0n) is 8.50. The second-order valence-electron chi connectivity index (χ2n) is 4.85. The fraction of sp³-hybridized carbons (Fsp3) is 0.900. The van der Waals surface area contributed by atoms with Gasteiger partial charge in [0.05, 0.1) is 5.71 Å². The summed E-state index contributed by atoms with van der Waals surface area (Å²) in [7, 11) is 0. The lowest BCUT2D eigenvalue weighted by Gasteiger charge is -2.38. The molecule has 0 bridgehead atoms. The van der Waals surface area contributed by atoms with Crippen molar-refractivity contribution in [2.45, 2.75) is 51.2 Å². The van der Waals surface area contributed by atoms with Crippen LogP contribution in [0.25, 0.3) is 0 Å². The maximum Gasteiger partial charge on any atom is 0.166 e. The number of nitrogens with zero attached hydrogens (tertiary/aromatic N) is 1. The van der Waals surface area contributed by atoms with Gasteiger partial charge in [-0.25, -0.2) is 0 Å². The van der Waals surface area contributed by atoms with Gasteiger partial charge in [-0.2, -0.15) is 0 Å². The maximum atomic E-state index is 10.4. The fourth-order valence-corrected chi connectivity index (χ4v) is 2.21. The van der Waals surface area contributed by atoms with Crippen LogP contribution in [0.1, 0.15) is 40.0 Å². The second kappa shape index (κ2) is 2.47. The van der Waals surface area contributed by atoms with Gasteiger partial charge in [-0.05, 0) is 39.0 Å². The van der Waals surface area contributed by atoms with E-state index in [4.69, 9.17) is 4.84 Å². The molecule has 2 unspecified atom stereocenters. The summed E-state index contributed by atoms with van der Waals surface area (Å²) >= 11 is 0. The van der Waals surface area contributed by atoms with Crippen LogP contribution < -0.4 is 0 Å². The van der Waals surface area contributed by atoms with Gasteiger partial charge in [-0.3, -0.25) is 0 Å². The minimum absolute atomic E-state index is 0.539. The summed E-state index contributed by atoms with van der Waals surface area (Å²) in [5.41, 5.74) is -0.502. The number of hydrogen-bond acceptors (Lipinski definition) is 3. The first-order valence-corrected chi connectivity index (χ1v) is 4.93. The molecule has 0 spiro atoms. The van der Waals surface area contributed by atoms with Crippen LogP contribution in [-0.4, -0.2) is 22.0 Å². The summed E-state index contributed by atoms with van der Waals surface area (Å²) in [4.78, 5) is 5.28. The third kappa shape index (κ3) is 1.10. The zero-order valence-corrected chi connectivity index (χ0v) is 8.50. The minimum Gasteiger partial charge on any atom is -0.386 e. The Balaban J connectivity index is 2.29. The fourth-order valence-electron chi connectivity index (χ4n) is 2.21. The molecule has 0 amide bonds. The molecule has 74 valence electrons. The molecular formula is C10H17NO2. The summed E-state index contributed by atoms with van der Waals surface area (Å²) in [6, 6.07) is 0. The molecule has 0 radical (unpaired) electrons. The average Bonchev–Trinajstić information content (AvgIpc) is 2.27. The number of oxime groups is 1. The van der Waals surface area contributed by atoms with Crippen molar-refractivity contribution in [3.05, 3.63) is 0 Å². The van der Waals surface area contributed by atoms with Gasteiger partial charge in [-0.15, -0.1) is 0 Å². The Morgan fingerprint density at radius 1 is 1.54 bits per heavy atom. The van der Waals surface area contributed by atoms with Crippen molar-refractivity contribution in [1.29, 1.82) is 0 Å². The highest BCUT2D eigenvalue weighted by Crippen LogP contribution is 2.43. The Bertz CT molecular complexity index is 260. The first kappa shape index (κ1) is 9.00. The van der Waals surface area contributed by atoms with Crippen LogP contribution in [0.2, 0.25) is 0 Å². The highest BCUT2D eigenvalue weighted by atomic mass is 16.7. The summed E-state index contributed by atoms with van der Waals surface area (Å²) in [5.74, 6) is 0.622. The monoisotopic (exact) mass is 183 g/mol. The molecule has 0 aromatic rings. The normalized spacial score (nSPS) is 42.2. The van der Waals surface area contributed by atoms with Gasteiger partial charge >= 0.3 is 0 Å². The Morgan fingerprint density at radius 2 is 2.23 bits per heavy atom. The Labute approximate surface area is 78.8 Å². The van der Waals surface area contributed by atoms with Crippen molar-refractivity contribution in [2.75, 3.05) is 0 Å². The summed E-state index contributed by atoms with van der Waals surface area (Å²) < 4.78 is 0. The number of fused-ring (bicyclic) bond motifs is 1. The van der Waals surface area contributed by atoms with Crippen LogP contribution in [0.3, 0.4) is 0 Å². The van der Waals surface area contributed by atoms with Gasteiger partial charge in [0, 0.05) is 0 Å². The highest BCUT2D eigenvalue weighted by molar-refractivity contribution is 5.95. The van der Waals surface area contributed by atoms with Gasteiger partial charge < -0.3 is 9.94 Å². The van der Waals surface area contributed by atoms with Crippen LogP contribution >= 0.6 is 0 Å². The van der Waals surface area contributed by atoms with Gasteiger partial charge in [0.15, 0.2) is 5.60 Å². The van der Waals surface area contributed by atoms with E-state index in [2.05, 4.69) is 12.1 Å². The molecule has 3 heteroatoms. The quantitative estimate of drug-likeness (QED) is 0.621. The van der Waals surface area contributed by atoms with Crippen molar-refractivity contribution >= 4 is 5.71 Å². The molecule has 3 nitrogen and oxygen atoms in total. The van der Waals surface area contributed by atoms with Crippen molar-refractivity contribution in [2.24, 2.45) is 11.1 Å². The van der Waals surface area contributed by atoms with Crippen LogP contribution in [0.15, 0.2) is 5.16 Å². The largest absolute Gasteiger partial charge is 0.386 e. The maximum absolute atomic E-state index is 10.4. The summed E-state index contributed by atoms with van der Waals surface area (Å²) in [6.07, 6.45) is 2.71. The molecule has 0 aromatic heterocycles. The Kier molecular flexibility index (Phi) is 1.71. The van der Waals surface area contributed by atoms with Crippen LogP contribution in [-0.2, 0) is 4.84 Å². The zero-order chi connectivity index (χ0) is 9.69. The summed E-state index contributed by atoms with van der Waals surface area (Å²) in [6.45, 7) is 5.99. The van der Waals surface area contributed by atoms with Gasteiger partial charge in [0.2, 0.25) is 0 Å². The molecule has 0 aromatic carbocycles. The Hall–Kier alpha value is -0.570. The molecule has 2 aliphatic rings. The molecule has 1 aliphatic carbocycles. The van der Waals surface area contributed by atoms with E-state index in [9.17, 15) is 5.11 Å². The van der Waals surface area contributed by atoms with Gasteiger partial charge in [0.1, 0.15) is 5.60 Å². The van der Waals surface area contributed by atoms with E-state index in [0.29, 0.717) is 5.92 Å². The number of rotatable bonds is 0. The standard InChI is InChI=1S/C10H17NO2/c1-7-4-5-10(12)8(6-7)11-13-9(10,2)3/h7,12H,4-6H2,1-3H3. The number of aliphatic hydroxyl groups is 1. The van der Waals surface area contributed by atoms with E-state index >= 15 is 0 Å². The first-order chi connectivity index (χ1) is 5.96. The lowest BCUT2D eigenvalue weighted by molar-refractivity contribution is -0.110. The predicted molar refractivity (Wildman–Crippen MR) is 50.6 cm³/mol. The molecular weight excluding hydrogens is 166 g/mol. The SMILES string of the molecule is CC1CCC2(O)C(=NOC2(C)C)C1. The van der Waals surface area contributed by atoms with Crippen LogP contribution in [0, 0.1) is 5.92 Å². The number of hydrogen-bond donors (Lipinski definition) is 1. The molecule has 1 fully saturated rings. The lowest BCUT2D eigenvalue weighted by atomic mass is 9.71. The summed E-state index contributed by atoms with van der Waals surface area (Å²) in [5, 5.41) is 14.4. The smallest absolute Gasteiger partial charge is 0.166 e. The molecule has 1 N–H and O–H groups in total. The molecule has 0 saturated heterocycles. The molecule has 13 heavy (non-hydrogen) atoms. The second-order valence-corrected chi connectivity index (χ2v) is 4.85. The van der Waals surface area contributed by atoms with Crippen molar-refractivity contribution in [1.82, 2.24) is 0 Å². The van der Waals surface area contributed by atoms with Gasteiger partial charge in [0.25, 0.3) is 0 Å². The topological polar surface area (TPSA) is 41.8 Å². The third-order valence-corrected chi connectivity index (χ3v) is 3.40. The van der Waals surface area contributed by atoms with Crippen LogP contribution in [0.5, 0.6) is 0 Å². The average molecular weight is 183 g/mol. The molecule has 2 atom stereocenters. The van der Waals surface area contributed by atoms with E-state index in [1.54, 1.807) is 0 Å². The molecule has 1 heterocycles. The van der Waals surface area contributed by atoms with Crippen molar-refractivity contribution in [3.63, 3.8) is 0 Å². The first-order valence-electron chi connectivity index (χ1n) is 4.93. The van der Waals surface area contributed by atoms with Crippen molar-refractivity contribution in [3.8, 4) is 0 Å².